The largest absolute Gasteiger partial charge is 0.455 e. The number of para-hydroxylation sites is 3. The fourth-order valence-electron chi connectivity index (χ4n) is 9.80. The number of pyridine rings is 1. The zero-order valence-electron chi connectivity index (χ0n) is 36.7. The molecule has 0 amide bonds. The molecule has 0 aliphatic carbocycles. The first-order chi connectivity index (χ1) is 33.7. The number of aromatic nitrogens is 5. The van der Waals surface area contributed by atoms with E-state index in [0.29, 0.717) is 23.2 Å². The van der Waals surface area contributed by atoms with Crippen molar-refractivity contribution in [2.45, 2.75) is 0 Å². The molecule has 4 heterocycles. The van der Waals surface area contributed by atoms with Gasteiger partial charge < -0.3 is 8.98 Å². The second kappa shape index (κ2) is 16.3. The summed E-state index contributed by atoms with van der Waals surface area (Å²) in [4.78, 5) is 21.2. The molecular formula is C62H39N5O. The molecule has 13 rings (SSSR count). The van der Waals surface area contributed by atoms with E-state index in [0.717, 1.165) is 105 Å². The molecule has 318 valence electrons. The Kier molecular flexibility index (Phi) is 9.39. The van der Waals surface area contributed by atoms with Crippen molar-refractivity contribution in [3.05, 3.63) is 237 Å². The molecule has 0 atom stereocenters. The summed E-state index contributed by atoms with van der Waals surface area (Å²) in [6.07, 6.45) is 2.00. The minimum Gasteiger partial charge on any atom is -0.455 e. The summed E-state index contributed by atoms with van der Waals surface area (Å²) >= 11 is 0. The average Bonchev–Trinajstić information content (AvgIpc) is 3.95. The molecule has 0 spiro atoms. The number of hydrogen-bond acceptors (Lipinski definition) is 5. The van der Waals surface area contributed by atoms with Crippen molar-refractivity contribution in [3.63, 3.8) is 0 Å². The van der Waals surface area contributed by atoms with Crippen LogP contribution in [0.15, 0.2) is 241 Å². The molecule has 0 saturated carbocycles. The van der Waals surface area contributed by atoms with Gasteiger partial charge in [-0.15, -0.1) is 0 Å². The second-order valence-electron chi connectivity index (χ2n) is 17.0. The van der Waals surface area contributed by atoms with Crippen LogP contribution in [0.3, 0.4) is 0 Å². The summed E-state index contributed by atoms with van der Waals surface area (Å²) in [5, 5.41) is 4.30. The second-order valence-corrected chi connectivity index (χ2v) is 17.0. The van der Waals surface area contributed by atoms with Crippen LogP contribution >= 0.6 is 0 Å². The van der Waals surface area contributed by atoms with Gasteiger partial charge in [-0.1, -0.05) is 188 Å². The van der Waals surface area contributed by atoms with Gasteiger partial charge in [0.15, 0.2) is 17.5 Å². The van der Waals surface area contributed by atoms with E-state index in [1.165, 1.54) is 0 Å². The van der Waals surface area contributed by atoms with Crippen LogP contribution in [-0.2, 0) is 0 Å². The van der Waals surface area contributed by atoms with Gasteiger partial charge >= 0.3 is 0 Å². The summed E-state index contributed by atoms with van der Waals surface area (Å²) in [6.45, 7) is 0. The molecule has 0 fully saturated rings. The number of fused-ring (bicyclic) bond motifs is 6. The van der Waals surface area contributed by atoms with E-state index >= 15 is 0 Å². The van der Waals surface area contributed by atoms with Gasteiger partial charge in [-0.05, 0) is 70.3 Å². The van der Waals surface area contributed by atoms with Gasteiger partial charge in [-0.2, -0.15) is 0 Å². The van der Waals surface area contributed by atoms with Gasteiger partial charge in [0, 0.05) is 61.2 Å². The molecule has 68 heavy (non-hydrogen) atoms. The lowest BCUT2D eigenvalue weighted by molar-refractivity contribution is 0.670. The van der Waals surface area contributed by atoms with E-state index in [2.05, 4.69) is 174 Å². The predicted molar refractivity (Wildman–Crippen MR) is 277 cm³/mol. The summed E-state index contributed by atoms with van der Waals surface area (Å²) in [5.74, 6) is 1.64. The molecule has 0 saturated heterocycles. The SMILES string of the molecule is c1ccc(-c2nc(-c3ccccc3)nc(-c3cc(-c4c(-c5ccccc5)cccc4-c4ccccc4)cnc3-c3cccc4c3oc3cc5c6ccccc6n(-c6ccccc6)c5cc34)n2)cc1. The van der Waals surface area contributed by atoms with E-state index in [1.54, 1.807) is 0 Å². The molecule has 0 N–H and O–H groups in total. The van der Waals surface area contributed by atoms with Crippen molar-refractivity contribution in [2.75, 3.05) is 0 Å². The van der Waals surface area contributed by atoms with Crippen molar-refractivity contribution < 1.29 is 4.42 Å². The number of nitrogens with zero attached hydrogens (tertiary/aromatic N) is 5. The maximum atomic E-state index is 7.05. The first-order valence-corrected chi connectivity index (χ1v) is 22.8. The molecule has 0 bridgehead atoms. The Hall–Kier alpha value is -9.26. The van der Waals surface area contributed by atoms with E-state index < -0.39 is 0 Å². The molecular weight excluding hydrogens is 831 g/mol. The first kappa shape index (κ1) is 39.1. The number of rotatable bonds is 8. The van der Waals surface area contributed by atoms with Crippen LogP contribution in [0.2, 0.25) is 0 Å². The maximum absolute atomic E-state index is 7.05. The summed E-state index contributed by atoms with van der Waals surface area (Å²) in [5.41, 5.74) is 15.4. The van der Waals surface area contributed by atoms with E-state index in [1.807, 2.05) is 66.9 Å². The quantitative estimate of drug-likeness (QED) is 0.152. The molecule has 0 aliphatic heterocycles. The molecule has 6 heteroatoms. The Balaban J connectivity index is 1.10. The maximum Gasteiger partial charge on any atom is 0.166 e. The van der Waals surface area contributed by atoms with Crippen LogP contribution in [0.5, 0.6) is 0 Å². The molecule has 0 unspecified atom stereocenters. The molecule has 0 aliphatic rings. The fourth-order valence-corrected chi connectivity index (χ4v) is 9.80. The smallest absolute Gasteiger partial charge is 0.166 e. The topological polar surface area (TPSA) is 69.6 Å². The highest BCUT2D eigenvalue weighted by molar-refractivity contribution is 6.18. The van der Waals surface area contributed by atoms with Gasteiger partial charge in [0.1, 0.15) is 11.2 Å². The Bertz CT molecular complexity index is 3880. The first-order valence-electron chi connectivity index (χ1n) is 22.8. The predicted octanol–water partition coefficient (Wildman–Crippen LogP) is 15.9. The van der Waals surface area contributed by atoms with Crippen LogP contribution in [0, 0.1) is 0 Å². The minimum absolute atomic E-state index is 0.503. The third kappa shape index (κ3) is 6.66. The fraction of sp³-hybridized carbons (Fsp3) is 0. The molecule has 6 nitrogen and oxygen atoms in total. The van der Waals surface area contributed by atoms with Gasteiger partial charge in [0.25, 0.3) is 0 Å². The van der Waals surface area contributed by atoms with Gasteiger partial charge in [-0.3, -0.25) is 4.98 Å². The van der Waals surface area contributed by atoms with Crippen molar-refractivity contribution in [3.8, 4) is 84.5 Å². The number of furan rings is 1. The number of hydrogen-bond donors (Lipinski definition) is 0. The summed E-state index contributed by atoms with van der Waals surface area (Å²) < 4.78 is 9.40. The van der Waals surface area contributed by atoms with Gasteiger partial charge in [-0.25, -0.2) is 15.0 Å². The highest BCUT2D eigenvalue weighted by atomic mass is 16.3. The molecule has 4 aromatic heterocycles. The summed E-state index contributed by atoms with van der Waals surface area (Å²) in [7, 11) is 0. The van der Waals surface area contributed by atoms with Crippen LogP contribution in [0.25, 0.3) is 128 Å². The van der Waals surface area contributed by atoms with Crippen LogP contribution in [0.4, 0.5) is 0 Å². The lowest BCUT2D eigenvalue weighted by Gasteiger charge is -2.18. The Morgan fingerprint density at radius 3 is 1.49 bits per heavy atom. The van der Waals surface area contributed by atoms with E-state index in [9.17, 15) is 0 Å². The Morgan fingerprint density at radius 1 is 0.338 bits per heavy atom. The highest BCUT2D eigenvalue weighted by Gasteiger charge is 2.24. The van der Waals surface area contributed by atoms with E-state index in [-0.39, 0.29) is 0 Å². The minimum atomic E-state index is 0.503. The Labute approximate surface area is 392 Å². The zero-order chi connectivity index (χ0) is 45.0. The lowest BCUT2D eigenvalue weighted by atomic mass is 9.87. The van der Waals surface area contributed by atoms with Crippen molar-refractivity contribution >= 4 is 43.7 Å². The van der Waals surface area contributed by atoms with Crippen molar-refractivity contribution in [1.82, 2.24) is 24.5 Å². The van der Waals surface area contributed by atoms with Crippen LogP contribution in [0.1, 0.15) is 0 Å². The Morgan fingerprint density at radius 2 is 0.853 bits per heavy atom. The van der Waals surface area contributed by atoms with Crippen molar-refractivity contribution in [1.29, 1.82) is 0 Å². The monoisotopic (exact) mass is 869 g/mol. The summed E-state index contributed by atoms with van der Waals surface area (Å²) in [6, 6.07) is 80.0. The van der Waals surface area contributed by atoms with Gasteiger partial charge in [0.05, 0.1) is 16.7 Å². The van der Waals surface area contributed by atoms with Gasteiger partial charge in [0.2, 0.25) is 0 Å². The standard InChI is InChI=1S/C62H39N5O/c1-6-20-40(21-7-1)46-31-18-32-47(41-22-8-2-9-23-41)57(46)44-36-53(62-65-60(42-24-10-3-11-25-42)64-61(66-62)43-26-12-4-13-27-43)58(63-39-44)50-34-19-33-49-52-37-55-51(38-56(52)68-59(49)50)48-30-16-17-35-54(48)67(55)45-28-14-5-15-29-45/h1-39H. The third-order valence-corrected chi connectivity index (χ3v) is 12.9. The average molecular weight is 870 g/mol. The van der Waals surface area contributed by atoms with Crippen LogP contribution in [-0.4, -0.2) is 24.5 Å². The zero-order valence-corrected chi connectivity index (χ0v) is 36.7. The molecule has 9 aromatic carbocycles. The van der Waals surface area contributed by atoms with E-state index in [4.69, 9.17) is 24.4 Å². The van der Waals surface area contributed by atoms with Crippen LogP contribution < -0.4 is 0 Å². The normalized spacial score (nSPS) is 11.5. The molecule has 13 aromatic rings. The lowest BCUT2D eigenvalue weighted by Crippen LogP contribution is -2.02. The third-order valence-electron chi connectivity index (χ3n) is 12.9. The van der Waals surface area contributed by atoms with Crippen molar-refractivity contribution in [2.24, 2.45) is 0 Å². The molecule has 0 radical (unpaired) electrons. The highest BCUT2D eigenvalue weighted by Crippen LogP contribution is 2.45. The number of benzene rings is 9.